The number of furan rings is 1. The SMILES string of the molecule is O=C(CCc1ccc(-c2ccccc2)o1)N1CCC[C@@H]1c1cccs1. The van der Waals surface area contributed by atoms with Gasteiger partial charge >= 0.3 is 0 Å². The van der Waals surface area contributed by atoms with Gasteiger partial charge in [0.05, 0.1) is 6.04 Å². The van der Waals surface area contributed by atoms with Crippen molar-refractivity contribution in [3.8, 4) is 11.3 Å². The molecule has 0 radical (unpaired) electrons. The molecule has 0 saturated carbocycles. The van der Waals surface area contributed by atoms with E-state index in [-0.39, 0.29) is 11.9 Å². The van der Waals surface area contributed by atoms with Gasteiger partial charge in [-0.2, -0.15) is 0 Å². The van der Waals surface area contributed by atoms with Gasteiger partial charge in [-0.05, 0) is 36.4 Å². The lowest BCUT2D eigenvalue weighted by Crippen LogP contribution is -2.30. The molecule has 0 N–H and O–H groups in total. The molecule has 1 aliphatic heterocycles. The molecule has 128 valence electrons. The second-order valence-corrected chi connectivity index (χ2v) is 7.37. The molecule has 2 aromatic heterocycles. The smallest absolute Gasteiger partial charge is 0.223 e. The summed E-state index contributed by atoms with van der Waals surface area (Å²) in [6.45, 7) is 0.870. The van der Waals surface area contributed by atoms with Gasteiger partial charge in [0.25, 0.3) is 0 Å². The summed E-state index contributed by atoms with van der Waals surface area (Å²) in [5.41, 5.74) is 1.07. The number of carbonyl (C=O) groups excluding carboxylic acids is 1. The van der Waals surface area contributed by atoms with Gasteiger partial charge in [0.2, 0.25) is 5.91 Å². The Hall–Kier alpha value is -2.33. The van der Waals surface area contributed by atoms with Crippen molar-refractivity contribution in [3.63, 3.8) is 0 Å². The molecule has 3 aromatic rings. The molecular formula is C21H21NO2S. The van der Waals surface area contributed by atoms with Gasteiger partial charge < -0.3 is 9.32 Å². The Kier molecular flexibility index (Phi) is 4.70. The van der Waals surface area contributed by atoms with Crippen LogP contribution in [0.3, 0.4) is 0 Å². The average molecular weight is 351 g/mol. The number of hydrogen-bond donors (Lipinski definition) is 0. The van der Waals surface area contributed by atoms with Crippen LogP contribution < -0.4 is 0 Å². The van der Waals surface area contributed by atoms with E-state index in [2.05, 4.69) is 17.5 Å². The number of carbonyl (C=O) groups is 1. The van der Waals surface area contributed by atoms with Crippen LogP contribution in [0, 0.1) is 0 Å². The maximum Gasteiger partial charge on any atom is 0.223 e. The second kappa shape index (κ2) is 7.28. The van der Waals surface area contributed by atoms with Crippen LogP contribution in [-0.2, 0) is 11.2 Å². The van der Waals surface area contributed by atoms with Crippen LogP contribution in [0.15, 0.2) is 64.4 Å². The Bertz CT molecular complexity index is 823. The number of rotatable bonds is 5. The Morgan fingerprint density at radius 1 is 1.12 bits per heavy atom. The van der Waals surface area contributed by atoms with Crippen LogP contribution in [0.1, 0.15) is 35.9 Å². The third-order valence-corrected chi connectivity index (χ3v) is 5.72. The van der Waals surface area contributed by atoms with Gasteiger partial charge in [-0.15, -0.1) is 11.3 Å². The van der Waals surface area contributed by atoms with E-state index < -0.39 is 0 Å². The summed E-state index contributed by atoms with van der Waals surface area (Å²) in [5, 5.41) is 2.09. The Balaban J connectivity index is 1.38. The molecule has 1 atom stereocenters. The maximum atomic E-state index is 12.7. The fraction of sp³-hybridized carbons (Fsp3) is 0.286. The summed E-state index contributed by atoms with van der Waals surface area (Å²) in [6, 6.07) is 18.5. The first kappa shape index (κ1) is 16.2. The number of hydrogen-bond acceptors (Lipinski definition) is 3. The summed E-state index contributed by atoms with van der Waals surface area (Å²) in [5.74, 6) is 1.97. The van der Waals surface area contributed by atoms with E-state index in [1.165, 1.54) is 4.88 Å². The van der Waals surface area contributed by atoms with Crippen LogP contribution in [0.2, 0.25) is 0 Å². The van der Waals surface area contributed by atoms with Crippen LogP contribution in [0.4, 0.5) is 0 Å². The molecule has 1 fully saturated rings. The number of aryl methyl sites for hydroxylation is 1. The quantitative estimate of drug-likeness (QED) is 0.624. The zero-order valence-corrected chi connectivity index (χ0v) is 14.9. The molecule has 1 aromatic carbocycles. The first-order valence-electron chi connectivity index (χ1n) is 8.78. The molecular weight excluding hydrogens is 330 g/mol. The maximum absolute atomic E-state index is 12.7. The van der Waals surface area contributed by atoms with E-state index in [9.17, 15) is 4.79 Å². The Morgan fingerprint density at radius 2 is 2.00 bits per heavy atom. The topological polar surface area (TPSA) is 33.5 Å². The largest absolute Gasteiger partial charge is 0.461 e. The molecule has 25 heavy (non-hydrogen) atoms. The summed E-state index contributed by atoms with van der Waals surface area (Å²) in [7, 11) is 0. The van der Waals surface area contributed by atoms with Crippen molar-refractivity contribution in [2.45, 2.75) is 31.7 Å². The Morgan fingerprint density at radius 3 is 2.80 bits per heavy atom. The molecule has 3 nitrogen and oxygen atoms in total. The first-order chi connectivity index (χ1) is 12.3. The van der Waals surface area contributed by atoms with Crippen molar-refractivity contribution in [1.29, 1.82) is 0 Å². The van der Waals surface area contributed by atoms with E-state index in [1.807, 2.05) is 47.4 Å². The minimum Gasteiger partial charge on any atom is -0.461 e. The van der Waals surface area contributed by atoms with Crippen molar-refractivity contribution < 1.29 is 9.21 Å². The number of amides is 1. The highest BCUT2D eigenvalue weighted by atomic mass is 32.1. The molecule has 1 amide bonds. The second-order valence-electron chi connectivity index (χ2n) is 6.39. The lowest BCUT2D eigenvalue weighted by molar-refractivity contribution is -0.132. The van der Waals surface area contributed by atoms with E-state index >= 15 is 0 Å². The number of benzene rings is 1. The number of likely N-dealkylation sites (tertiary alicyclic amines) is 1. The van der Waals surface area contributed by atoms with Gasteiger partial charge in [0.15, 0.2) is 0 Å². The highest BCUT2D eigenvalue weighted by Crippen LogP contribution is 2.35. The number of nitrogens with zero attached hydrogens (tertiary/aromatic N) is 1. The van der Waals surface area contributed by atoms with Gasteiger partial charge in [-0.25, -0.2) is 0 Å². The van der Waals surface area contributed by atoms with Crippen molar-refractivity contribution in [3.05, 3.63) is 70.6 Å². The molecule has 4 rings (SSSR count). The monoisotopic (exact) mass is 351 g/mol. The Labute approximate surface area is 151 Å². The average Bonchev–Trinajstić information content (AvgIpc) is 3.41. The van der Waals surface area contributed by atoms with Gasteiger partial charge in [0.1, 0.15) is 11.5 Å². The van der Waals surface area contributed by atoms with E-state index in [0.717, 1.165) is 36.5 Å². The van der Waals surface area contributed by atoms with Crippen molar-refractivity contribution >= 4 is 17.2 Å². The molecule has 0 unspecified atom stereocenters. The lowest BCUT2D eigenvalue weighted by atomic mass is 10.1. The lowest BCUT2D eigenvalue weighted by Gasteiger charge is -2.23. The molecule has 1 aliphatic rings. The van der Waals surface area contributed by atoms with Gasteiger partial charge in [-0.3, -0.25) is 4.79 Å². The molecule has 0 aliphatic carbocycles. The normalized spacial score (nSPS) is 17.1. The van der Waals surface area contributed by atoms with Crippen molar-refractivity contribution in [2.75, 3.05) is 6.54 Å². The highest BCUT2D eigenvalue weighted by Gasteiger charge is 2.30. The third kappa shape index (κ3) is 3.54. The summed E-state index contributed by atoms with van der Waals surface area (Å²) in [6.07, 6.45) is 3.32. The molecule has 3 heterocycles. The third-order valence-electron chi connectivity index (χ3n) is 4.75. The predicted octanol–water partition coefficient (Wildman–Crippen LogP) is 5.30. The summed E-state index contributed by atoms with van der Waals surface area (Å²) < 4.78 is 5.91. The van der Waals surface area contributed by atoms with Gasteiger partial charge in [0, 0.05) is 29.8 Å². The molecule has 0 bridgehead atoms. The summed E-state index contributed by atoms with van der Waals surface area (Å²) >= 11 is 1.74. The first-order valence-corrected chi connectivity index (χ1v) is 9.66. The highest BCUT2D eigenvalue weighted by molar-refractivity contribution is 7.10. The predicted molar refractivity (Wildman–Crippen MR) is 100 cm³/mol. The minimum atomic E-state index is 0.230. The minimum absolute atomic E-state index is 0.230. The fourth-order valence-corrected chi connectivity index (χ4v) is 4.36. The van der Waals surface area contributed by atoms with E-state index in [1.54, 1.807) is 11.3 Å². The summed E-state index contributed by atoms with van der Waals surface area (Å²) in [4.78, 5) is 16.0. The van der Waals surface area contributed by atoms with Gasteiger partial charge in [-0.1, -0.05) is 36.4 Å². The standard InChI is InChI=1S/C21H21NO2S/c23-21(22-14-4-8-18(22)20-9-5-15-25-20)13-11-17-10-12-19(24-17)16-6-2-1-3-7-16/h1-3,5-7,9-10,12,15,18H,4,8,11,13-14H2/t18-/m1/s1. The van der Waals surface area contributed by atoms with Crippen LogP contribution >= 0.6 is 11.3 Å². The van der Waals surface area contributed by atoms with Crippen LogP contribution in [0.5, 0.6) is 0 Å². The van der Waals surface area contributed by atoms with Crippen LogP contribution in [0.25, 0.3) is 11.3 Å². The molecule has 1 saturated heterocycles. The number of thiophene rings is 1. The van der Waals surface area contributed by atoms with Crippen LogP contribution in [-0.4, -0.2) is 17.4 Å². The zero-order valence-electron chi connectivity index (χ0n) is 14.1. The van der Waals surface area contributed by atoms with E-state index in [0.29, 0.717) is 12.8 Å². The molecule has 0 spiro atoms. The van der Waals surface area contributed by atoms with Crippen molar-refractivity contribution in [2.24, 2.45) is 0 Å². The fourth-order valence-electron chi connectivity index (χ4n) is 3.49. The zero-order chi connectivity index (χ0) is 17.1. The van der Waals surface area contributed by atoms with E-state index in [4.69, 9.17) is 4.42 Å². The van der Waals surface area contributed by atoms with Crippen molar-refractivity contribution in [1.82, 2.24) is 4.90 Å². The molecule has 4 heteroatoms.